The number of ether oxygens (including phenoxy) is 1. The van der Waals surface area contributed by atoms with Crippen LogP contribution in [0.3, 0.4) is 0 Å². The van der Waals surface area contributed by atoms with Crippen LogP contribution in [0.25, 0.3) is 11.1 Å². The van der Waals surface area contributed by atoms with Crippen molar-refractivity contribution in [1.29, 1.82) is 0 Å². The Morgan fingerprint density at radius 3 is 2.79 bits per heavy atom. The summed E-state index contributed by atoms with van der Waals surface area (Å²) < 4.78 is 4.73. The molecule has 180 valence electrons. The third kappa shape index (κ3) is 5.73. The first-order valence-corrected chi connectivity index (χ1v) is 11.6. The number of methoxy groups -OCH3 is 1. The van der Waals surface area contributed by atoms with Crippen molar-refractivity contribution in [3.8, 4) is 11.1 Å². The summed E-state index contributed by atoms with van der Waals surface area (Å²) in [5.74, 6) is -0.111. The molecule has 0 aliphatic carbocycles. The molecule has 5 N–H and O–H groups in total. The quantitative estimate of drug-likeness (QED) is 0.513. The van der Waals surface area contributed by atoms with Crippen LogP contribution in [0.5, 0.6) is 0 Å². The van der Waals surface area contributed by atoms with Crippen LogP contribution in [0, 0.1) is 0 Å². The van der Waals surface area contributed by atoms with Gasteiger partial charge in [-0.3, -0.25) is 15.1 Å². The van der Waals surface area contributed by atoms with Crippen molar-refractivity contribution >= 4 is 23.4 Å². The number of nitrogens with two attached hydrogens (primary N) is 1. The molecule has 1 aromatic heterocycles. The van der Waals surface area contributed by atoms with Crippen LogP contribution in [0.1, 0.15) is 37.4 Å². The Morgan fingerprint density at radius 1 is 1.24 bits per heavy atom. The van der Waals surface area contributed by atoms with E-state index in [0.29, 0.717) is 18.8 Å². The number of carbonyl (C=O) groups excluding carboxylic acids is 2. The third-order valence-corrected chi connectivity index (χ3v) is 6.19. The predicted molar refractivity (Wildman–Crippen MR) is 130 cm³/mol. The number of benzene rings is 1. The topological polar surface area (TPSA) is 130 Å². The molecule has 0 spiro atoms. The van der Waals surface area contributed by atoms with Gasteiger partial charge in [-0.1, -0.05) is 25.0 Å². The maximum atomic E-state index is 12.4. The summed E-state index contributed by atoms with van der Waals surface area (Å²) in [7, 11) is 1.32. The van der Waals surface area contributed by atoms with E-state index in [0.717, 1.165) is 48.2 Å². The number of fused-ring (bicyclic) bond motifs is 4. The fourth-order valence-electron chi connectivity index (χ4n) is 4.21. The molecule has 2 aliphatic rings. The van der Waals surface area contributed by atoms with Crippen molar-refractivity contribution in [2.45, 2.75) is 43.9 Å². The van der Waals surface area contributed by atoms with Gasteiger partial charge in [-0.15, -0.1) is 0 Å². The van der Waals surface area contributed by atoms with Gasteiger partial charge in [0.25, 0.3) is 0 Å². The lowest BCUT2D eigenvalue weighted by Gasteiger charge is -2.35. The molecule has 9 heteroatoms. The molecule has 2 bridgehead atoms. The fraction of sp³-hybridized carbons (Fsp3) is 0.400. The molecule has 1 aromatic carbocycles. The van der Waals surface area contributed by atoms with Gasteiger partial charge in [0.2, 0.25) is 5.91 Å². The largest absolute Gasteiger partial charge is 0.453 e. The van der Waals surface area contributed by atoms with Crippen LogP contribution in [0.15, 0.2) is 48.7 Å². The first-order valence-electron chi connectivity index (χ1n) is 11.6. The standard InChI is InChI=1S/C25H31N5O4/c1-34-25(33)29-18-6-8-20-16-10-11-27-23(12-16)21(26)5-3-2-4-17(28-22(20)13-18)7-9-24(32)30-14-19(31)15-30/h6-13,17,19,21,28,31H,2-5,14-15,26H2,1H3,(H,29,33)/b9-7+/t17?,21-/m0/s1. The number of aromatic nitrogens is 1. The highest BCUT2D eigenvalue weighted by atomic mass is 16.5. The summed E-state index contributed by atoms with van der Waals surface area (Å²) in [4.78, 5) is 30.3. The Kier molecular flexibility index (Phi) is 7.44. The number of amides is 2. The van der Waals surface area contributed by atoms with E-state index in [1.165, 1.54) is 7.11 Å². The number of nitrogens with one attached hydrogen (secondary N) is 2. The van der Waals surface area contributed by atoms with Crippen molar-refractivity contribution in [1.82, 2.24) is 9.88 Å². The molecule has 0 radical (unpaired) electrons. The molecule has 2 amide bonds. The first kappa shape index (κ1) is 23.7. The highest BCUT2D eigenvalue weighted by Gasteiger charge is 2.27. The summed E-state index contributed by atoms with van der Waals surface area (Å²) in [5.41, 5.74) is 10.5. The number of carbonyl (C=O) groups is 2. The van der Waals surface area contributed by atoms with Crippen molar-refractivity contribution in [3.05, 3.63) is 54.4 Å². The van der Waals surface area contributed by atoms with E-state index in [1.54, 1.807) is 17.2 Å². The number of aliphatic hydroxyl groups is 1. The molecule has 1 unspecified atom stereocenters. The maximum Gasteiger partial charge on any atom is 0.411 e. The van der Waals surface area contributed by atoms with Crippen LogP contribution < -0.4 is 16.4 Å². The van der Waals surface area contributed by atoms with E-state index in [9.17, 15) is 14.7 Å². The Hall–Kier alpha value is -3.43. The molecule has 9 nitrogen and oxygen atoms in total. The fourth-order valence-corrected chi connectivity index (χ4v) is 4.21. The molecule has 2 aliphatic heterocycles. The van der Waals surface area contributed by atoms with Gasteiger partial charge in [-0.25, -0.2) is 4.79 Å². The highest BCUT2D eigenvalue weighted by Crippen LogP contribution is 2.33. The van der Waals surface area contributed by atoms with Gasteiger partial charge in [0.1, 0.15) is 0 Å². The lowest BCUT2D eigenvalue weighted by molar-refractivity contribution is -0.135. The molecule has 4 rings (SSSR count). The minimum atomic E-state index is -0.552. The molecule has 1 saturated heterocycles. The number of hydrogen-bond donors (Lipinski definition) is 4. The van der Waals surface area contributed by atoms with Crippen molar-refractivity contribution in [2.75, 3.05) is 30.8 Å². The SMILES string of the molecule is COC(=O)Nc1ccc2c(c1)NC(/C=C/C(=O)N1CC(O)C1)CCCC[C@H](N)c1cc-2ccn1. The average Bonchev–Trinajstić information content (AvgIpc) is 2.82. The van der Waals surface area contributed by atoms with E-state index in [1.807, 2.05) is 36.4 Å². The molecule has 2 atom stereocenters. The van der Waals surface area contributed by atoms with E-state index in [4.69, 9.17) is 10.5 Å². The molecular weight excluding hydrogens is 434 g/mol. The Bertz CT molecular complexity index is 1070. The summed E-state index contributed by atoms with van der Waals surface area (Å²) in [5, 5.41) is 15.7. The summed E-state index contributed by atoms with van der Waals surface area (Å²) >= 11 is 0. The molecule has 1 fully saturated rings. The van der Waals surface area contributed by atoms with Crippen molar-refractivity contribution in [2.24, 2.45) is 5.73 Å². The number of nitrogens with zero attached hydrogens (tertiary/aromatic N) is 2. The lowest BCUT2D eigenvalue weighted by atomic mass is 9.97. The maximum absolute atomic E-state index is 12.4. The lowest BCUT2D eigenvalue weighted by Crippen LogP contribution is -2.53. The highest BCUT2D eigenvalue weighted by molar-refractivity contribution is 5.89. The number of anilines is 2. The second-order valence-corrected chi connectivity index (χ2v) is 8.74. The van der Waals surface area contributed by atoms with Gasteiger partial charge >= 0.3 is 6.09 Å². The zero-order valence-corrected chi connectivity index (χ0v) is 19.2. The van der Waals surface area contributed by atoms with Crippen LogP contribution in [0.2, 0.25) is 0 Å². The van der Waals surface area contributed by atoms with Crippen LogP contribution in [-0.2, 0) is 9.53 Å². The summed E-state index contributed by atoms with van der Waals surface area (Å²) in [6, 6.07) is 9.27. The number of β-amino-alcohol motifs (C(OH)–C–C–N with tert-alkyl or cyclic N) is 1. The second-order valence-electron chi connectivity index (χ2n) is 8.74. The molecule has 3 heterocycles. The van der Waals surface area contributed by atoms with Gasteiger partial charge in [-0.2, -0.15) is 0 Å². The summed E-state index contributed by atoms with van der Waals surface area (Å²) in [6.07, 6.45) is 7.70. The minimum absolute atomic E-state index is 0.111. The number of pyridine rings is 1. The average molecular weight is 466 g/mol. The molecule has 0 saturated carbocycles. The molecular formula is C25H31N5O4. The van der Waals surface area contributed by atoms with E-state index >= 15 is 0 Å². The van der Waals surface area contributed by atoms with Crippen LogP contribution >= 0.6 is 0 Å². The Morgan fingerprint density at radius 2 is 2.03 bits per heavy atom. The number of rotatable bonds is 3. The van der Waals surface area contributed by atoms with Gasteiger partial charge in [0.15, 0.2) is 0 Å². The van der Waals surface area contributed by atoms with Gasteiger partial charge < -0.3 is 25.8 Å². The van der Waals surface area contributed by atoms with Crippen molar-refractivity contribution in [3.63, 3.8) is 0 Å². The second kappa shape index (κ2) is 10.7. The van der Waals surface area contributed by atoms with E-state index in [2.05, 4.69) is 15.6 Å². The van der Waals surface area contributed by atoms with E-state index in [-0.39, 0.29) is 18.0 Å². The normalized spacial score (nSPS) is 20.9. The number of hydrogen-bond acceptors (Lipinski definition) is 7. The Labute approximate surface area is 199 Å². The minimum Gasteiger partial charge on any atom is -0.453 e. The van der Waals surface area contributed by atoms with Crippen LogP contribution in [0.4, 0.5) is 16.2 Å². The van der Waals surface area contributed by atoms with Crippen LogP contribution in [-0.4, -0.2) is 59.3 Å². The molecule has 34 heavy (non-hydrogen) atoms. The Balaban J connectivity index is 1.66. The monoisotopic (exact) mass is 465 g/mol. The molecule has 2 aromatic rings. The smallest absolute Gasteiger partial charge is 0.411 e. The third-order valence-electron chi connectivity index (χ3n) is 6.19. The zero-order chi connectivity index (χ0) is 24.1. The predicted octanol–water partition coefficient (Wildman–Crippen LogP) is 3.04. The van der Waals surface area contributed by atoms with Gasteiger partial charge in [0, 0.05) is 54.4 Å². The number of aliphatic hydroxyl groups excluding tert-OH is 1. The van der Waals surface area contributed by atoms with E-state index < -0.39 is 12.2 Å². The zero-order valence-electron chi connectivity index (χ0n) is 19.2. The number of likely N-dealkylation sites (tertiary alicyclic amines) is 1. The summed E-state index contributed by atoms with van der Waals surface area (Å²) in [6.45, 7) is 0.740. The van der Waals surface area contributed by atoms with Gasteiger partial charge in [-0.05, 0) is 42.7 Å². The first-order chi connectivity index (χ1) is 16.4. The van der Waals surface area contributed by atoms with Gasteiger partial charge in [0.05, 0.1) is 18.9 Å². The van der Waals surface area contributed by atoms with Crippen molar-refractivity contribution < 1.29 is 19.4 Å².